The van der Waals surface area contributed by atoms with E-state index in [0.29, 0.717) is 27.6 Å². The van der Waals surface area contributed by atoms with Crippen molar-refractivity contribution in [3.8, 4) is 11.5 Å². The minimum Gasteiger partial charge on any atom is -0.507 e. The van der Waals surface area contributed by atoms with E-state index in [9.17, 15) is 14.7 Å². The molecule has 0 unspecified atom stereocenters. The number of rotatable bonds is 6. The van der Waals surface area contributed by atoms with Crippen LogP contribution in [-0.2, 0) is 16.1 Å². The smallest absolute Gasteiger partial charge is 0.295 e. The zero-order valence-corrected chi connectivity index (χ0v) is 19.8. The highest BCUT2D eigenvalue weighted by molar-refractivity contribution is 6.46. The number of carbonyl (C=O) groups excluding carboxylic acids is 2. The highest BCUT2D eigenvalue weighted by atomic mass is 35.5. The molecule has 1 saturated heterocycles. The second kappa shape index (κ2) is 9.75. The maximum absolute atomic E-state index is 13.2. The van der Waals surface area contributed by atoms with Crippen molar-refractivity contribution in [1.82, 2.24) is 9.88 Å². The normalized spacial score (nSPS) is 17.2. The molecular weight excluding hydrogens is 479 g/mol. The van der Waals surface area contributed by atoms with Crippen molar-refractivity contribution >= 4 is 40.7 Å². The Morgan fingerprint density at radius 3 is 2.44 bits per heavy atom. The van der Waals surface area contributed by atoms with E-state index in [1.54, 1.807) is 54.9 Å². The van der Waals surface area contributed by atoms with Crippen molar-refractivity contribution in [2.75, 3.05) is 14.2 Å². The van der Waals surface area contributed by atoms with Crippen molar-refractivity contribution in [3.05, 3.63) is 93.2 Å². The van der Waals surface area contributed by atoms with E-state index >= 15 is 0 Å². The van der Waals surface area contributed by atoms with Crippen molar-refractivity contribution in [1.29, 1.82) is 0 Å². The first kappa shape index (κ1) is 23.6. The van der Waals surface area contributed by atoms with Crippen LogP contribution in [0.3, 0.4) is 0 Å². The van der Waals surface area contributed by atoms with E-state index in [1.165, 1.54) is 25.2 Å². The molecule has 4 rings (SSSR count). The van der Waals surface area contributed by atoms with Crippen LogP contribution in [0.15, 0.2) is 66.5 Å². The number of likely N-dealkylation sites (tertiary alicyclic amines) is 1. The van der Waals surface area contributed by atoms with Gasteiger partial charge in [0.25, 0.3) is 11.7 Å². The molecule has 0 radical (unpaired) electrons. The molecule has 1 fully saturated rings. The highest BCUT2D eigenvalue weighted by Crippen LogP contribution is 2.42. The van der Waals surface area contributed by atoms with E-state index in [4.69, 9.17) is 32.7 Å². The highest BCUT2D eigenvalue weighted by Gasteiger charge is 2.46. The van der Waals surface area contributed by atoms with Crippen molar-refractivity contribution in [2.24, 2.45) is 0 Å². The summed E-state index contributed by atoms with van der Waals surface area (Å²) in [5.74, 6) is -1.09. The lowest BCUT2D eigenvalue weighted by atomic mass is 9.95. The predicted molar refractivity (Wildman–Crippen MR) is 128 cm³/mol. The number of carbonyl (C=O) groups is 2. The van der Waals surface area contributed by atoms with Crippen LogP contribution in [-0.4, -0.2) is 40.9 Å². The van der Waals surface area contributed by atoms with E-state index in [1.807, 2.05) is 0 Å². The third kappa shape index (κ3) is 4.32. The summed E-state index contributed by atoms with van der Waals surface area (Å²) in [6.07, 6.45) is 3.23. The SMILES string of the molecule is COc1ccc(C(O)=C2C(=O)C(=O)N(Cc3cccnc3)[C@@H]2c2ccc(Cl)c(Cl)c2)cc1OC. The van der Waals surface area contributed by atoms with Gasteiger partial charge in [-0.3, -0.25) is 14.6 Å². The quantitative estimate of drug-likeness (QED) is 0.291. The van der Waals surface area contributed by atoms with Crippen LogP contribution in [0.1, 0.15) is 22.7 Å². The molecule has 9 heteroatoms. The monoisotopic (exact) mass is 498 g/mol. The average molecular weight is 499 g/mol. The lowest BCUT2D eigenvalue weighted by Crippen LogP contribution is -2.29. The molecule has 174 valence electrons. The number of ketones is 1. The van der Waals surface area contributed by atoms with Crippen molar-refractivity contribution < 1.29 is 24.2 Å². The first-order chi connectivity index (χ1) is 16.3. The summed E-state index contributed by atoms with van der Waals surface area (Å²) in [6.45, 7) is 0.103. The number of Topliss-reactive ketones (excluding diaryl/α,β-unsaturated/α-hetero) is 1. The third-order valence-corrected chi connectivity index (χ3v) is 6.27. The fourth-order valence-corrected chi connectivity index (χ4v) is 4.21. The molecule has 1 atom stereocenters. The number of benzene rings is 2. The Kier molecular flexibility index (Phi) is 6.77. The van der Waals surface area contributed by atoms with Gasteiger partial charge >= 0.3 is 0 Å². The fourth-order valence-electron chi connectivity index (χ4n) is 3.90. The molecule has 1 amide bonds. The van der Waals surface area contributed by atoms with Crippen molar-refractivity contribution in [3.63, 3.8) is 0 Å². The number of amides is 1. The lowest BCUT2D eigenvalue weighted by Gasteiger charge is -2.25. The van der Waals surface area contributed by atoms with Crippen LogP contribution in [0, 0.1) is 0 Å². The number of nitrogens with zero attached hydrogens (tertiary/aromatic N) is 2. The lowest BCUT2D eigenvalue weighted by molar-refractivity contribution is -0.140. The van der Waals surface area contributed by atoms with Gasteiger partial charge in [-0.05, 0) is 47.5 Å². The molecule has 1 aliphatic rings. The van der Waals surface area contributed by atoms with Gasteiger partial charge in [0.1, 0.15) is 5.76 Å². The van der Waals surface area contributed by atoms with E-state index in [0.717, 1.165) is 5.56 Å². The van der Waals surface area contributed by atoms with Gasteiger partial charge in [-0.1, -0.05) is 35.3 Å². The van der Waals surface area contributed by atoms with Gasteiger partial charge in [0.2, 0.25) is 0 Å². The maximum atomic E-state index is 13.2. The summed E-state index contributed by atoms with van der Waals surface area (Å²) in [7, 11) is 2.95. The number of pyridine rings is 1. The van der Waals surface area contributed by atoms with Crippen LogP contribution in [0.5, 0.6) is 11.5 Å². The van der Waals surface area contributed by atoms with Gasteiger partial charge in [0.05, 0.1) is 35.9 Å². The molecule has 3 aromatic rings. The number of ether oxygens (including phenoxy) is 2. The number of aromatic nitrogens is 1. The van der Waals surface area contributed by atoms with Crippen LogP contribution < -0.4 is 9.47 Å². The minimum absolute atomic E-state index is 0.0699. The summed E-state index contributed by atoms with van der Waals surface area (Å²) in [6, 6.07) is 12.2. The molecule has 7 nitrogen and oxygen atoms in total. The molecule has 0 saturated carbocycles. The standard InChI is InChI=1S/C25H20Cl2N2O5/c1-33-19-8-6-16(11-20(19)34-2)23(30)21-22(15-5-7-17(26)18(27)10-15)29(25(32)24(21)31)13-14-4-3-9-28-12-14/h3-12,22,30H,13H2,1-2H3/t22-/m1/s1. The van der Waals surface area contributed by atoms with Crippen molar-refractivity contribution in [2.45, 2.75) is 12.6 Å². The van der Waals surface area contributed by atoms with Gasteiger partial charge in [-0.2, -0.15) is 0 Å². The third-order valence-electron chi connectivity index (χ3n) is 5.53. The molecule has 0 bridgehead atoms. The Hall–Kier alpha value is -3.55. The van der Waals surface area contributed by atoms with E-state index in [-0.39, 0.29) is 22.9 Å². The topological polar surface area (TPSA) is 89.0 Å². The summed E-state index contributed by atoms with van der Waals surface area (Å²) in [5, 5.41) is 11.8. The van der Waals surface area contributed by atoms with Gasteiger partial charge < -0.3 is 19.5 Å². The van der Waals surface area contributed by atoms with Crippen LogP contribution in [0.2, 0.25) is 10.0 Å². The Balaban J connectivity index is 1.89. The molecule has 34 heavy (non-hydrogen) atoms. The number of aliphatic hydroxyl groups excluding tert-OH is 1. The summed E-state index contributed by atoms with van der Waals surface area (Å²) in [5.41, 5.74) is 1.47. The van der Waals surface area contributed by atoms with Crippen LogP contribution in [0.4, 0.5) is 0 Å². The Bertz CT molecular complexity index is 1290. The summed E-state index contributed by atoms with van der Waals surface area (Å²) in [4.78, 5) is 31.8. The molecule has 0 spiro atoms. The average Bonchev–Trinajstić information content (AvgIpc) is 3.10. The minimum atomic E-state index is -0.900. The first-order valence-electron chi connectivity index (χ1n) is 10.2. The molecule has 2 aromatic carbocycles. The Morgan fingerprint density at radius 1 is 1.03 bits per heavy atom. The largest absolute Gasteiger partial charge is 0.507 e. The second-order valence-electron chi connectivity index (χ2n) is 7.53. The number of hydrogen-bond donors (Lipinski definition) is 1. The number of aliphatic hydroxyl groups is 1. The number of methoxy groups -OCH3 is 2. The van der Waals surface area contributed by atoms with Gasteiger partial charge in [0, 0.05) is 24.5 Å². The van der Waals surface area contributed by atoms with Gasteiger partial charge in [-0.15, -0.1) is 0 Å². The number of hydrogen-bond acceptors (Lipinski definition) is 6. The molecule has 2 heterocycles. The van der Waals surface area contributed by atoms with Gasteiger partial charge in [0.15, 0.2) is 11.5 Å². The zero-order valence-electron chi connectivity index (χ0n) is 18.3. The fraction of sp³-hybridized carbons (Fsp3) is 0.160. The molecule has 0 aliphatic carbocycles. The molecule has 1 aromatic heterocycles. The maximum Gasteiger partial charge on any atom is 0.295 e. The molecular formula is C25H20Cl2N2O5. The van der Waals surface area contributed by atoms with Crippen LogP contribution in [0.25, 0.3) is 5.76 Å². The predicted octanol–water partition coefficient (Wildman–Crippen LogP) is 5.03. The Morgan fingerprint density at radius 2 is 1.79 bits per heavy atom. The van der Waals surface area contributed by atoms with E-state index < -0.39 is 17.7 Å². The summed E-state index contributed by atoms with van der Waals surface area (Å²) >= 11 is 12.3. The zero-order chi connectivity index (χ0) is 24.4. The van der Waals surface area contributed by atoms with Crippen LogP contribution >= 0.6 is 23.2 Å². The summed E-state index contributed by atoms with van der Waals surface area (Å²) < 4.78 is 10.6. The van der Waals surface area contributed by atoms with E-state index in [2.05, 4.69) is 4.98 Å². The molecule has 1 N–H and O–H groups in total. The number of halogens is 2. The Labute approximate surface area is 206 Å². The molecule has 1 aliphatic heterocycles. The first-order valence-corrected chi connectivity index (χ1v) is 11.0. The van der Waals surface area contributed by atoms with Gasteiger partial charge in [-0.25, -0.2) is 0 Å². The second-order valence-corrected chi connectivity index (χ2v) is 8.35.